The molecule has 0 unspecified atom stereocenters. The number of carbonyl (C=O) groups excluding carboxylic acids is 4. The van der Waals surface area contributed by atoms with Crippen LogP contribution in [0.5, 0.6) is 5.75 Å². The van der Waals surface area contributed by atoms with E-state index in [-0.39, 0.29) is 34.8 Å². The second-order valence-electron chi connectivity index (χ2n) is 12.2. The number of hydrogen-bond donors (Lipinski definition) is 1. The lowest BCUT2D eigenvalue weighted by molar-refractivity contribution is -0.125. The predicted molar refractivity (Wildman–Crippen MR) is 164 cm³/mol. The summed E-state index contributed by atoms with van der Waals surface area (Å²) in [6.07, 6.45) is 0.962. The molecule has 6 atom stereocenters. The Morgan fingerprint density at radius 1 is 0.776 bits per heavy atom. The van der Waals surface area contributed by atoms with Gasteiger partial charge in [0.1, 0.15) is 18.0 Å². The normalized spacial score (nSPS) is 29.2. The summed E-state index contributed by atoms with van der Waals surface area (Å²) in [7, 11) is 0. The van der Waals surface area contributed by atoms with Crippen LogP contribution in [0.2, 0.25) is 0 Å². The molecular weight excluding hydrogens is 698 g/mol. The first kappa shape index (κ1) is 33.2. The fourth-order valence-corrected chi connectivity index (χ4v) is 8.68. The number of rotatable bonds is 6. The number of aliphatic hydroxyl groups is 1. The van der Waals surface area contributed by atoms with E-state index in [2.05, 4.69) is 0 Å². The van der Waals surface area contributed by atoms with E-state index in [1.165, 1.54) is 18.2 Å². The van der Waals surface area contributed by atoms with Crippen LogP contribution in [0.3, 0.4) is 0 Å². The number of nitrogens with zero attached hydrogens (tertiary/aromatic N) is 2. The van der Waals surface area contributed by atoms with Crippen LogP contribution in [-0.2, 0) is 19.2 Å². The third kappa shape index (κ3) is 4.37. The molecule has 1 saturated carbocycles. The molecule has 3 fully saturated rings. The van der Waals surface area contributed by atoms with Crippen LogP contribution >= 0.6 is 23.2 Å². The number of imide groups is 2. The van der Waals surface area contributed by atoms with Crippen LogP contribution in [0.4, 0.5) is 33.3 Å². The maximum atomic E-state index is 15.2. The van der Waals surface area contributed by atoms with Gasteiger partial charge in [0.15, 0.2) is 33.0 Å². The van der Waals surface area contributed by atoms with Gasteiger partial charge in [0.05, 0.1) is 24.1 Å². The molecule has 49 heavy (non-hydrogen) atoms. The Labute approximate surface area is 284 Å². The first-order valence-electron chi connectivity index (χ1n) is 15.0. The number of hydrogen-bond acceptors (Lipinski definition) is 6. The quantitative estimate of drug-likeness (QED) is 0.0899. The van der Waals surface area contributed by atoms with Crippen molar-refractivity contribution < 1.29 is 51.0 Å². The third-order valence-electron chi connectivity index (χ3n) is 9.81. The average molecular weight is 721 g/mol. The number of carbonyl (C=O) groups is 4. The lowest BCUT2D eigenvalue weighted by Gasteiger charge is -2.50. The Morgan fingerprint density at radius 3 is 2.04 bits per heavy atom. The monoisotopic (exact) mass is 720 g/mol. The van der Waals surface area contributed by atoms with Gasteiger partial charge < -0.3 is 9.84 Å². The fraction of sp³-hybridized carbons (Fsp3) is 0.294. The second-order valence-corrected chi connectivity index (χ2v) is 13.4. The zero-order valence-electron chi connectivity index (χ0n) is 24.9. The van der Waals surface area contributed by atoms with Crippen molar-refractivity contribution in [2.75, 3.05) is 23.0 Å². The summed E-state index contributed by atoms with van der Waals surface area (Å²) in [4.78, 5) is 52.0. The van der Waals surface area contributed by atoms with E-state index in [1.807, 2.05) is 0 Å². The topological polar surface area (TPSA) is 104 Å². The van der Waals surface area contributed by atoms with Crippen molar-refractivity contribution in [2.24, 2.45) is 17.8 Å². The van der Waals surface area contributed by atoms with Crippen molar-refractivity contribution in [1.29, 1.82) is 0 Å². The first-order chi connectivity index (χ1) is 23.3. The molecule has 2 aliphatic carbocycles. The minimum atomic E-state index is -2.69. The summed E-state index contributed by atoms with van der Waals surface area (Å²) < 4.78 is 79.1. The number of fused-ring (bicyclic) bond motifs is 4. The van der Waals surface area contributed by atoms with Gasteiger partial charge in [-0.15, -0.1) is 23.2 Å². The Kier molecular flexibility index (Phi) is 7.88. The zero-order valence-corrected chi connectivity index (χ0v) is 26.5. The molecule has 254 valence electrons. The summed E-state index contributed by atoms with van der Waals surface area (Å²) in [5.74, 6) is -21.2. The molecule has 4 amide bonds. The maximum Gasteiger partial charge on any atom is 0.258 e. The van der Waals surface area contributed by atoms with Gasteiger partial charge in [0.25, 0.3) is 11.8 Å². The summed E-state index contributed by atoms with van der Waals surface area (Å²) in [5, 5.41) is 9.47. The molecule has 1 N–H and O–H groups in total. The van der Waals surface area contributed by atoms with Crippen LogP contribution in [0.15, 0.2) is 66.2 Å². The number of para-hydroxylation sites is 2. The number of aliphatic hydroxyl groups excluding tert-OH is 1. The van der Waals surface area contributed by atoms with Gasteiger partial charge in [-0.1, -0.05) is 48.0 Å². The van der Waals surface area contributed by atoms with Crippen LogP contribution in [0, 0.1) is 46.8 Å². The largest absolute Gasteiger partial charge is 0.491 e. The van der Waals surface area contributed by atoms with Crippen molar-refractivity contribution in [1.82, 2.24) is 0 Å². The van der Waals surface area contributed by atoms with E-state index in [9.17, 15) is 37.5 Å². The third-order valence-corrected chi connectivity index (χ3v) is 11.2. The number of allylic oxidation sites excluding steroid dienone is 2. The molecule has 3 aromatic rings. The van der Waals surface area contributed by atoms with Crippen molar-refractivity contribution in [3.05, 3.63) is 101 Å². The molecule has 2 heterocycles. The highest BCUT2D eigenvalue weighted by atomic mass is 35.5. The van der Waals surface area contributed by atoms with Crippen LogP contribution in [-0.4, -0.2) is 51.7 Å². The zero-order chi connectivity index (χ0) is 35.2. The molecule has 15 heteroatoms. The van der Waals surface area contributed by atoms with Gasteiger partial charge in [-0.25, -0.2) is 26.9 Å². The average Bonchev–Trinajstić information content (AvgIpc) is 3.44. The molecule has 0 spiro atoms. The van der Waals surface area contributed by atoms with Crippen molar-refractivity contribution in [3.63, 3.8) is 0 Å². The molecule has 2 saturated heterocycles. The summed E-state index contributed by atoms with van der Waals surface area (Å²) in [6.45, 7) is -0.669. The second kappa shape index (κ2) is 11.6. The molecule has 4 aliphatic rings. The van der Waals surface area contributed by atoms with E-state index in [4.69, 9.17) is 27.9 Å². The number of anilines is 2. The Balaban J connectivity index is 1.45. The van der Waals surface area contributed by atoms with Crippen molar-refractivity contribution in [2.45, 2.75) is 28.5 Å². The highest BCUT2D eigenvalue weighted by molar-refractivity contribution is 6.58. The number of ether oxygens (including phenoxy) is 1. The van der Waals surface area contributed by atoms with E-state index in [0.29, 0.717) is 5.69 Å². The molecule has 3 aromatic carbocycles. The highest BCUT2D eigenvalue weighted by Gasteiger charge is 2.77. The number of alkyl halides is 2. The molecule has 0 aromatic heterocycles. The Bertz CT molecular complexity index is 1970. The number of amides is 4. The lowest BCUT2D eigenvalue weighted by atomic mass is 9.56. The van der Waals surface area contributed by atoms with Gasteiger partial charge in [0, 0.05) is 11.5 Å². The predicted octanol–water partition coefficient (Wildman–Crippen LogP) is 5.52. The fourth-order valence-electron chi connectivity index (χ4n) is 7.75. The van der Waals surface area contributed by atoms with Gasteiger partial charge >= 0.3 is 0 Å². The highest BCUT2D eigenvalue weighted by Crippen LogP contribution is 2.66. The van der Waals surface area contributed by atoms with Gasteiger partial charge in [-0.2, -0.15) is 0 Å². The smallest absolute Gasteiger partial charge is 0.258 e. The molecule has 2 aliphatic heterocycles. The lowest BCUT2D eigenvalue weighted by Crippen LogP contribution is -2.60. The maximum absolute atomic E-state index is 15.2. The summed E-state index contributed by atoms with van der Waals surface area (Å²) in [6, 6.07) is 14.1. The van der Waals surface area contributed by atoms with Crippen LogP contribution in [0.1, 0.15) is 24.3 Å². The summed E-state index contributed by atoms with van der Waals surface area (Å²) >= 11 is 14.3. The molecule has 7 rings (SSSR count). The van der Waals surface area contributed by atoms with Crippen molar-refractivity contribution >= 4 is 58.2 Å². The Morgan fingerprint density at radius 2 is 1.39 bits per heavy atom. The SMILES string of the molecule is O=C1[C@H]2[C@H](CC=C3[C@H]2C[C@@]2(Cl)C(=O)N(c4c(F)c(F)c(F)c(F)c4F)C(=O)[C@@]2(Cl)[C@H]3c2ccccc2OCCO)C(=O)N1c1ccccc1. The van der Waals surface area contributed by atoms with Crippen LogP contribution in [0.25, 0.3) is 0 Å². The number of halogens is 7. The molecular formula is C34H23Cl2F5N2O6. The van der Waals surface area contributed by atoms with Crippen molar-refractivity contribution in [3.8, 4) is 5.75 Å². The van der Waals surface area contributed by atoms with Gasteiger partial charge in [-0.05, 0) is 37.0 Å². The number of benzene rings is 3. The van der Waals surface area contributed by atoms with E-state index >= 15 is 8.78 Å². The Hall–Kier alpha value is -4.33. The van der Waals surface area contributed by atoms with Crippen LogP contribution < -0.4 is 14.5 Å². The summed E-state index contributed by atoms with van der Waals surface area (Å²) in [5.41, 5.74) is -1.17. The van der Waals surface area contributed by atoms with E-state index in [0.717, 1.165) is 4.90 Å². The van der Waals surface area contributed by atoms with Gasteiger partial charge in [-0.3, -0.25) is 24.1 Å². The molecule has 0 radical (unpaired) electrons. The van der Waals surface area contributed by atoms with E-state index in [1.54, 1.807) is 42.5 Å². The minimum Gasteiger partial charge on any atom is -0.491 e. The standard InChI is InChI=1S/C34H23Cl2F5N2O6/c35-33-14-19-16(10-11-18-21(19)30(46)42(29(18)45)15-6-2-1-3-7-15)22(17-8-4-5-9-20(17)49-13-12-44)34(33,36)32(48)43(31(33)47)28-26(40)24(38)23(37)25(39)27(28)41/h1-10,18-19,21-22,44H,11-14H2/t18-,19+,21-,22+,33+,34-/m0/s1. The van der Waals surface area contributed by atoms with E-state index < -0.39 is 105 Å². The molecule has 8 nitrogen and oxygen atoms in total. The first-order valence-corrected chi connectivity index (χ1v) is 15.8. The molecule has 0 bridgehead atoms. The minimum absolute atomic E-state index is 0.00762. The van der Waals surface area contributed by atoms with Gasteiger partial charge in [0.2, 0.25) is 17.6 Å².